The zero-order chi connectivity index (χ0) is 14.1. The molecule has 0 saturated carbocycles. The number of nitrogens with zero attached hydrogens (tertiary/aromatic N) is 2. The quantitative estimate of drug-likeness (QED) is 0.782. The molecule has 0 bridgehead atoms. The van der Waals surface area contributed by atoms with Crippen molar-refractivity contribution >= 4 is 12.0 Å². The minimum atomic E-state index is -1.25. The van der Waals surface area contributed by atoms with E-state index in [9.17, 15) is 19.8 Å². The zero-order valence-corrected chi connectivity index (χ0v) is 11.4. The second kappa shape index (κ2) is 4.76. The van der Waals surface area contributed by atoms with E-state index in [0.717, 1.165) is 0 Å². The van der Waals surface area contributed by atoms with Crippen LogP contribution in [0, 0.1) is 0 Å². The van der Waals surface area contributed by atoms with E-state index in [4.69, 9.17) is 0 Å². The van der Waals surface area contributed by atoms with Gasteiger partial charge in [0, 0.05) is 13.1 Å². The van der Waals surface area contributed by atoms with Gasteiger partial charge in [0.15, 0.2) is 0 Å². The van der Waals surface area contributed by atoms with Crippen molar-refractivity contribution in [2.24, 2.45) is 0 Å². The van der Waals surface area contributed by atoms with E-state index < -0.39 is 17.1 Å². The van der Waals surface area contributed by atoms with Crippen LogP contribution in [-0.4, -0.2) is 62.8 Å². The van der Waals surface area contributed by atoms with E-state index in [-0.39, 0.29) is 12.6 Å². The average Bonchev–Trinajstić information content (AvgIpc) is 2.59. The molecule has 0 aliphatic carbocycles. The Hall–Kier alpha value is -1.30. The maximum atomic E-state index is 12.3. The number of urea groups is 1. The maximum Gasteiger partial charge on any atom is 0.329 e. The number of β-amino-alcohol motifs (C(OH)–C–C–N with tert-alkyl or cyclic N) is 1. The molecule has 1 saturated heterocycles. The second-order valence-electron chi connectivity index (χ2n) is 5.56. The summed E-state index contributed by atoms with van der Waals surface area (Å²) >= 11 is 0. The number of carbonyl (C=O) groups is 2. The molecule has 18 heavy (non-hydrogen) atoms. The van der Waals surface area contributed by atoms with Crippen molar-refractivity contribution < 1.29 is 19.8 Å². The summed E-state index contributed by atoms with van der Waals surface area (Å²) in [6, 6.07) is -0.331. The Balaban J connectivity index is 2.85. The maximum absolute atomic E-state index is 12.3. The SMILES string of the molecule is CCN(C(=O)N1CCC(C)(O)C1)C(C)(C)C(=O)O. The molecule has 1 aliphatic rings. The summed E-state index contributed by atoms with van der Waals surface area (Å²) < 4.78 is 0. The lowest BCUT2D eigenvalue weighted by atomic mass is 10.0. The number of aliphatic carboxylic acids is 1. The second-order valence-corrected chi connectivity index (χ2v) is 5.56. The minimum absolute atomic E-state index is 0.248. The number of hydrogen-bond acceptors (Lipinski definition) is 3. The molecule has 1 rings (SSSR count). The molecule has 0 aromatic heterocycles. The first-order chi connectivity index (χ1) is 8.12. The standard InChI is InChI=1S/C12H22N2O4/c1-5-14(11(2,3)9(15)16)10(17)13-7-6-12(4,18)8-13/h18H,5-8H2,1-4H3,(H,15,16). The Bertz CT molecular complexity index is 352. The Morgan fingerprint density at radius 3 is 2.33 bits per heavy atom. The number of likely N-dealkylation sites (N-methyl/N-ethyl adjacent to an activating group) is 1. The summed E-state index contributed by atoms with van der Waals surface area (Å²) in [6.07, 6.45) is 0.518. The van der Waals surface area contributed by atoms with E-state index >= 15 is 0 Å². The Morgan fingerprint density at radius 1 is 1.44 bits per heavy atom. The number of carbonyl (C=O) groups excluding carboxylic acids is 1. The number of carboxylic acid groups (broad SMARTS) is 1. The zero-order valence-electron chi connectivity index (χ0n) is 11.4. The van der Waals surface area contributed by atoms with E-state index in [0.29, 0.717) is 19.5 Å². The molecule has 6 nitrogen and oxygen atoms in total. The molecular formula is C12H22N2O4. The molecule has 0 aromatic rings. The van der Waals surface area contributed by atoms with Crippen molar-refractivity contribution in [3.05, 3.63) is 0 Å². The van der Waals surface area contributed by atoms with Crippen LogP contribution >= 0.6 is 0 Å². The van der Waals surface area contributed by atoms with E-state index in [2.05, 4.69) is 0 Å². The molecule has 2 N–H and O–H groups in total. The summed E-state index contributed by atoms with van der Waals surface area (Å²) in [5.74, 6) is -1.04. The van der Waals surface area contributed by atoms with Crippen molar-refractivity contribution in [3.8, 4) is 0 Å². The van der Waals surface area contributed by atoms with Crippen molar-refractivity contribution in [2.75, 3.05) is 19.6 Å². The van der Waals surface area contributed by atoms with Crippen LogP contribution in [0.4, 0.5) is 4.79 Å². The topological polar surface area (TPSA) is 81.1 Å². The van der Waals surface area contributed by atoms with Crippen molar-refractivity contribution in [1.29, 1.82) is 0 Å². The highest BCUT2D eigenvalue weighted by Crippen LogP contribution is 2.24. The van der Waals surface area contributed by atoms with Gasteiger partial charge in [-0.05, 0) is 34.1 Å². The number of rotatable bonds is 3. The van der Waals surface area contributed by atoms with Crippen LogP contribution in [0.5, 0.6) is 0 Å². The number of amides is 2. The van der Waals surface area contributed by atoms with Gasteiger partial charge in [-0.1, -0.05) is 0 Å². The smallest absolute Gasteiger partial charge is 0.329 e. The third-order valence-corrected chi connectivity index (χ3v) is 3.47. The Labute approximate surface area is 107 Å². The molecule has 1 atom stereocenters. The van der Waals surface area contributed by atoms with Crippen LogP contribution in [0.3, 0.4) is 0 Å². The molecule has 1 fully saturated rings. The van der Waals surface area contributed by atoms with Gasteiger partial charge in [-0.3, -0.25) is 0 Å². The van der Waals surface area contributed by atoms with Gasteiger partial charge in [-0.25, -0.2) is 9.59 Å². The highest BCUT2D eigenvalue weighted by molar-refractivity contribution is 5.85. The summed E-state index contributed by atoms with van der Waals surface area (Å²) in [5, 5.41) is 19.0. The van der Waals surface area contributed by atoms with Gasteiger partial charge in [0.25, 0.3) is 0 Å². The molecule has 0 spiro atoms. The first kappa shape index (κ1) is 14.8. The van der Waals surface area contributed by atoms with Gasteiger partial charge in [-0.15, -0.1) is 0 Å². The van der Waals surface area contributed by atoms with Crippen LogP contribution in [0.15, 0.2) is 0 Å². The molecule has 1 unspecified atom stereocenters. The lowest BCUT2D eigenvalue weighted by molar-refractivity contribution is -0.147. The van der Waals surface area contributed by atoms with E-state index in [1.54, 1.807) is 13.8 Å². The number of carboxylic acids is 1. The van der Waals surface area contributed by atoms with Gasteiger partial charge in [0.1, 0.15) is 5.54 Å². The van der Waals surface area contributed by atoms with Gasteiger partial charge in [-0.2, -0.15) is 0 Å². The molecule has 1 aliphatic heterocycles. The Morgan fingerprint density at radius 2 is 2.00 bits per heavy atom. The molecule has 0 aromatic carbocycles. The van der Waals surface area contributed by atoms with Gasteiger partial charge in [0.2, 0.25) is 0 Å². The highest BCUT2D eigenvalue weighted by atomic mass is 16.4. The lowest BCUT2D eigenvalue weighted by Gasteiger charge is -2.37. The fraction of sp³-hybridized carbons (Fsp3) is 0.833. The van der Waals surface area contributed by atoms with Crippen LogP contribution in [0.2, 0.25) is 0 Å². The van der Waals surface area contributed by atoms with Crippen LogP contribution < -0.4 is 0 Å². The molecule has 104 valence electrons. The normalized spacial score (nSPS) is 24.2. The fourth-order valence-electron chi connectivity index (χ4n) is 2.16. The van der Waals surface area contributed by atoms with Gasteiger partial charge >= 0.3 is 12.0 Å². The third kappa shape index (κ3) is 2.75. The average molecular weight is 258 g/mol. The van der Waals surface area contributed by atoms with Crippen LogP contribution in [0.1, 0.15) is 34.1 Å². The molecule has 0 radical (unpaired) electrons. The lowest BCUT2D eigenvalue weighted by Crippen LogP contribution is -2.56. The van der Waals surface area contributed by atoms with E-state index in [1.807, 2.05) is 0 Å². The van der Waals surface area contributed by atoms with E-state index in [1.165, 1.54) is 23.6 Å². The molecule has 1 heterocycles. The molecular weight excluding hydrogens is 236 g/mol. The monoisotopic (exact) mass is 258 g/mol. The van der Waals surface area contributed by atoms with Crippen molar-refractivity contribution in [3.63, 3.8) is 0 Å². The van der Waals surface area contributed by atoms with Crippen LogP contribution in [0.25, 0.3) is 0 Å². The summed E-state index contributed by atoms with van der Waals surface area (Å²) in [5.41, 5.74) is -2.12. The summed E-state index contributed by atoms with van der Waals surface area (Å²) in [4.78, 5) is 26.3. The van der Waals surface area contributed by atoms with Gasteiger partial charge in [0.05, 0.1) is 12.1 Å². The molecule has 2 amide bonds. The predicted octanol–water partition coefficient (Wildman–Crippen LogP) is 0.748. The van der Waals surface area contributed by atoms with Crippen LogP contribution in [-0.2, 0) is 4.79 Å². The minimum Gasteiger partial charge on any atom is -0.480 e. The number of hydrogen-bond donors (Lipinski definition) is 2. The Kier molecular flexibility index (Phi) is 3.90. The van der Waals surface area contributed by atoms with Gasteiger partial charge < -0.3 is 20.0 Å². The largest absolute Gasteiger partial charge is 0.480 e. The third-order valence-electron chi connectivity index (χ3n) is 3.47. The number of likely N-dealkylation sites (tertiary alicyclic amines) is 1. The fourth-order valence-corrected chi connectivity index (χ4v) is 2.16. The van der Waals surface area contributed by atoms with Crippen molar-refractivity contribution in [1.82, 2.24) is 9.80 Å². The molecule has 6 heteroatoms. The first-order valence-electron chi connectivity index (χ1n) is 6.14. The predicted molar refractivity (Wildman–Crippen MR) is 66.3 cm³/mol. The highest BCUT2D eigenvalue weighted by Gasteiger charge is 2.42. The first-order valence-corrected chi connectivity index (χ1v) is 6.14. The summed E-state index contributed by atoms with van der Waals surface area (Å²) in [7, 11) is 0. The number of aliphatic hydroxyl groups is 1. The van der Waals surface area contributed by atoms with Crippen molar-refractivity contribution in [2.45, 2.75) is 45.3 Å². The summed E-state index contributed by atoms with van der Waals surface area (Å²) in [6.45, 7) is 7.46.